The molecular weight excluding hydrogens is 326 g/mol. The first-order valence-electron chi connectivity index (χ1n) is 6.24. The molecule has 1 aliphatic rings. The van der Waals surface area contributed by atoms with E-state index in [1.807, 2.05) is 24.3 Å². The van der Waals surface area contributed by atoms with Gasteiger partial charge in [-0.05, 0) is 64.5 Å². The smallest absolute Gasteiger partial charge is 0.138 e. The summed E-state index contributed by atoms with van der Waals surface area (Å²) in [7, 11) is 0. The van der Waals surface area contributed by atoms with Gasteiger partial charge >= 0.3 is 0 Å². The molecule has 0 atom stereocenters. The fourth-order valence-electron chi connectivity index (χ4n) is 2.29. The van der Waals surface area contributed by atoms with Gasteiger partial charge in [0.2, 0.25) is 0 Å². The molecule has 0 radical (unpaired) electrons. The van der Waals surface area contributed by atoms with Crippen molar-refractivity contribution >= 4 is 27.5 Å². The second-order valence-corrected chi connectivity index (χ2v) is 6.03. The van der Waals surface area contributed by atoms with Crippen molar-refractivity contribution in [3.05, 3.63) is 57.8 Å². The maximum absolute atomic E-state index is 5.89. The summed E-state index contributed by atoms with van der Waals surface area (Å²) < 4.78 is 6.70. The Bertz CT molecular complexity index is 549. The number of rotatable bonds is 3. The van der Waals surface area contributed by atoms with Gasteiger partial charge in [-0.1, -0.05) is 23.7 Å². The van der Waals surface area contributed by atoms with E-state index >= 15 is 0 Å². The van der Waals surface area contributed by atoms with Gasteiger partial charge in [0, 0.05) is 5.02 Å². The lowest BCUT2D eigenvalue weighted by atomic mass is 9.77. The molecule has 19 heavy (non-hydrogen) atoms. The molecule has 1 fully saturated rings. The monoisotopic (exact) mass is 337 g/mol. The van der Waals surface area contributed by atoms with E-state index in [1.54, 1.807) is 6.20 Å². The number of halogens is 2. The van der Waals surface area contributed by atoms with Crippen molar-refractivity contribution in [3.8, 4) is 5.75 Å². The maximum Gasteiger partial charge on any atom is 0.138 e. The predicted molar refractivity (Wildman–Crippen MR) is 79.8 cm³/mol. The molecule has 1 aliphatic carbocycles. The van der Waals surface area contributed by atoms with Crippen molar-refractivity contribution in [1.82, 2.24) is 4.98 Å². The Morgan fingerprint density at radius 3 is 2.47 bits per heavy atom. The maximum atomic E-state index is 5.89. The molecule has 3 rings (SSSR count). The molecule has 4 heteroatoms. The van der Waals surface area contributed by atoms with Crippen molar-refractivity contribution in [3.63, 3.8) is 0 Å². The van der Waals surface area contributed by atoms with Crippen LogP contribution in [0.4, 0.5) is 0 Å². The Labute approximate surface area is 125 Å². The molecule has 0 aliphatic heterocycles. The summed E-state index contributed by atoms with van der Waals surface area (Å²) in [4.78, 5) is 4.15. The minimum absolute atomic E-state index is 0.295. The Hall–Kier alpha value is -1.06. The topological polar surface area (TPSA) is 22.1 Å². The number of benzene rings is 1. The Morgan fingerprint density at radius 2 is 1.84 bits per heavy atom. The highest BCUT2D eigenvalue weighted by molar-refractivity contribution is 9.10. The summed E-state index contributed by atoms with van der Waals surface area (Å²) in [5, 5.41) is 0.789. The largest absolute Gasteiger partial charge is 0.489 e. The summed E-state index contributed by atoms with van der Waals surface area (Å²) in [6, 6.07) is 11.9. The number of pyridine rings is 1. The third-order valence-electron chi connectivity index (χ3n) is 3.44. The average molecular weight is 339 g/mol. The molecular formula is C15H13BrClNO. The van der Waals surface area contributed by atoms with Crippen LogP contribution in [0.25, 0.3) is 0 Å². The van der Waals surface area contributed by atoms with Crippen molar-refractivity contribution in [2.45, 2.75) is 24.9 Å². The van der Waals surface area contributed by atoms with E-state index in [-0.39, 0.29) is 0 Å². The van der Waals surface area contributed by atoms with E-state index in [1.165, 1.54) is 5.56 Å². The summed E-state index contributed by atoms with van der Waals surface area (Å²) in [6.45, 7) is 0. The van der Waals surface area contributed by atoms with E-state index in [0.29, 0.717) is 12.0 Å². The van der Waals surface area contributed by atoms with Crippen LogP contribution in [0, 0.1) is 0 Å². The van der Waals surface area contributed by atoms with Gasteiger partial charge in [-0.25, -0.2) is 4.98 Å². The van der Waals surface area contributed by atoms with Gasteiger partial charge in [0.25, 0.3) is 0 Å². The number of hydrogen-bond acceptors (Lipinski definition) is 2. The van der Waals surface area contributed by atoms with Crippen molar-refractivity contribution in [1.29, 1.82) is 0 Å². The normalized spacial score (nSPS) is 21.8. The van der Waals surface area contributed by atoms with Crippen LogP contribution in [0.3, 0.4) is 0 Å². The minimum atomic E-state index is 0.295. The first-order chi connectivity index (χ1) is 9.20. The fourth-order valence-corrected chi connectivity index (χ4v) is 2.65. The molecule has 2 nitrogen and oxygen atoms in total. The molecule has 0 N–H and O–H groups in total. The van der Waals surface area contributed by atoms with Gasteiger partial charge in [-0.3, -0.25) is 0 Å². The van der Waals surface area contributed by atoms with Crippen LogP contribution in [0.5, 0.6) is 5.75 Å². The third kappa shape index (κ3) is 3.10. The van der Waals surface area contributed by atoms with Crippen LogP contribution in [-0.2, 0) is 0 Å². The van der Waals surface area contributed by atoms with E-state index in [2.05, 4.69) is 33.0 Å². The molecule has 1 saturated carbocycles. The standard InChI is InChI=1S/C15H13BrClNO/c16-15-6-5-13(9-18-15)19-14-7-11(8-14)10-1-3-12(17)4-2-10/h1-6,9,11,14H,7-8H2/t11-,14-. The second-order valence-electron chi connectivity index (χ2n) is 4.78. The summed E-state index contributed by atoms with van der Waals surface area (Å²) in [5.41, 5.74) is 1.35. The lowest BCUT2D eigenvalue weighted by Crippen LogP contribution is -2.32. The van der Waals surface area contributed by atoms with Crippen LogP contribution in [-0.4, -0.2) is 11.1 Å². The van der Waals surface area contributed by atoms with Crippen LogP contribution in [0.15, 0.2) is 47.2 Å². The zero-order chi connectivity index (χ0) is 13.2. The van der Waals surface area contributed by atoms with E-state index in [9.17, 15) is 0 Å². The summed E-state index contributed by atoms with van der Waals surface area (Å²) in [5.74, 6) is 1.42. The zero-order valence-electron chi connectivity index (χ0n) is 10.2. The molecule has 0 saturated heterocycles. The van der Waals surface area contributed by atoms with Crippen molar-refractivity contribution in [2.75, 3.05) is 0 Å². The van der Waals surface area contributed by atoms with Crippen molar-refractivity contribution < 1.29 is 4.74 Å². The lowest BCUT2D eigenvalue weighted by Gasteiger charge is -2.35. The molecule has 1 heterocycles. The summed E-state index contributed by atoms with van der Waals surface area (Å²) >= 11 is 9.20. The Kier molecular flexibility index (Phi) is 3.76. The van der Waals surface area contributed by atoms with Crippen molar-refractivity contribution in [2.24, 2.45) is 0 Å². The molecule has 1 aromatic carbocycles. The number of nitrogens with zero attached hydrogens (tertiary/aromatic N) is 1. The number of ether oxygens (including phenoxy) is 1. The lowest BCUT2D eigenvalue weighted by molar-refractivity contribution is 0.0981. The molecule has 2 aromatic rings. The third-order valence-corrected chi connectivity index (χ3v) is 4.16. The van der Waals surface area contributed by atoms with Gasteiger partial charge in [0.05, 0.1) is 12.3 Å². The summed E-state index contributed by atoms with van der Waals surface area (Å²) in [6.07, 6.45) is 4.15. The van der Waals surface area contributed by atoms with Gasteiger partial charge in [-0.15, -0.1) is 0 Å². The first-order valence-corrected chi connectivity index (χ1v) is 7.41. The zero-order valence-corrected chi connectivity index (χ0v) is 12.6. The van der Waals surface area contributed by atoms with Crippen LogP contribution in [0.2, 0.25) is 5.02 Å². The van der Waals surface area contributed by atoms with E-state index in [4.69, 9.17) is 16.3 Å². The molecule has 0 unspecified atom stereocenters. The average Bonchev–Trinajstić information content (AvgIpc) is 2.37. The Balaban J connectivity index is 1.55. The SMILES string of the molecule is Clc1ccc([C@H]2C[C@H](Oc3ccc(Br)nc3)C2)cc1. The Morgan fingerprint density at radius 1 is 1.11 bits per heavy atom. The highest BCUT2D eigenvalue weighted by atomic mass is 79.9. The minimum Gasteiger partial charge on any atom is -0.489 e. The van der Waals surface area contributed by atoms with Crippen LogP contribution >= 0.6 is 27.5 Å². The van der Waals surface area contributed by atoms with Gasteiger partial charge < -0.3 is 4.74 Å². The van der Waals surface area contributed by atoms with Gasteiger partial charge in [-0.2, -0.15) is 0 Å². The fraction of sp³-hybridized carbons (Fsp3) is 0.267. The quantitative estimate of drug-likeness (QED) is 0.748. The highest BCUT2D eigenvalue weighted by Crippen LogP contribution is 2.39. The highest BCUT2D eigenvalue weighted by Gasteiger charge is 2.31. The second kappa shape index (κ2) is 5.51. The first kappa shape index (κ1) is 12.9. The van der Waals surface area contributed by atoms with Crippen LogP contribution in [0.1, 0.15) is 24.3 Å². The molecule has 98 valence electrons. The van der Waals surface area contributed by atoms with Gasteiger partial charge in [0.15, 0.2) is 0 Å². The van der Waals surface area contributed by atoms with E-state index < -0.39 is 0 Å². The van der Waals surface area contributed by atoms with Gasteiger partial charge in [0.1, 0.15) is 10.4 Å². The molecule has 0 amide bonds. The molecule has 0 spiro atoms. The number of aromatic nitrogens is 1. The molecule has 1 aromatic heterocycles. The number of hydrogen-bond donors (Lipinski definition) is 0. The van der Waals surface area contributed by atoms with E-state index in [0.717, 1.165) is 28.2 Å². The molecule has 0 bridgehead atoms. The predicted octanol–water partition coefficient (Wildman–Crippen LogP) is 4.82. The van der Waals surface area contributed by atoms with Crippen LogP contribution < -0.4 is 4.74 Å².